The molecule has 0 aromatic rings. The van der Waals surface area contributed by atoms with Gasteiger partial charge in [0, 0.05) is 19.3 Å². The summed E-state index contributed by atoms with van der Waals surface area (Å²) in [6.07, 6.45) is 0.405. The predicted octanol–water partition coefficient (Wildman–Crippen LogP) is -0.188. The van der Waals surface area contributed by atoms with Gasteiger partial charge in [-0.3, -0.25) is 10.1 Å². The summed E-state index contributed by atoms with van der Waals surface area (Å²) in [5.41, 5.74) is 3.05. The van der Waals surface area contributed by atoms with E-state index in [1.54, 1.807) is 11.9 Å². The SMILES string of the molecule is CC1=C([N+](=O)[O-])C(O)NN1C1CCOCC1. The molecular weight excluding hydrogens is 214 g/mol. The van der Waals surface area contributed by atoms with E-state index in [2.05, 4.69) is 5.43 Å². The average Bonchev–Trinajstić information content (AvgIpc) is 2.55. The van der Waals surface area contributed by atoms with Crippen LogP contribution in [0.3, 0.4) is 0 Å². The molecular formula is C9H15N3O4. The van der Waals surface area contributed by atoms with Crippen LogP contribution in [0.5, 0.6) is 0 Å². The van der Waals surface area contributed by atoms with Crippen molar-refractivity contribution < 1.29 is 14.8 Å². The minimum atomic E-state index is -1.21. The van der Waals surface area contributed by atoms with Crippen LogP contribution in [0.1, 0.15) is 19.8 Å². The molecule has 0 radical (unpaired) electrons. The summed E-state index contributed by atoms with van der Waals surface area (Å²) in [7, 11) is 0. The van der Waals surface area contributed by atoms with Crippen molar-refractivity contribution in [3.05, 3.63) is 21.5 Å². The van der Waals surface area contributed by atoms with Gasteiger partial charge in [0.05, 0.1) is 4.92 Å². The Morgan fingerprint density at radius 3 is 2.69 bits per heavy atom. The highest BCUT2D eigenvalue weighted by atomic mass is 16.6. The minimum Gasteiger partial charge on any atom is -0.381 e. The Hall–Kier alpha value is -1.18. The number of rotatable bonds is 2. The van der Waals surface area contributed by atoms with Gasteiger partial charge in [-0.2, -0.15) is 5.43 Å². The maximum atomic E-state index is 10.7. The first-order valence-corrected chi connectivity index (χ1v) is 5.27. The molecule has 1 saturated heterocycles. The van der Waals surface area contributed by atoms with Crippen molar-refractivity contribution in [3.8, 4) is 0 Å². The van der Waals surface area contributed by atoms with E-state index in [0.717, 1.165) is 12.8 Å². The van der Waals surface area contributed by atoms with E-state index in [-0.39, 0.29) is 11.7 Å². The number of aliphatic hydroxyl groups excluding tert-OH is 1. The van der Waals surface area contributed by atoms with E-state index in [9.17, 15) is 15.2 Å². The van der Waals surface area contributed by atoms with Crippen LogP contribution in [-0.4, -0.2) is 40.5 Å². The molecule has 2 aliphatic rings. The quantitative estimate of drug-likeness (QED) is 0.504. The molecule has 1 fully saturated rings. The van der Waals surface area contributed by atoms with Gasteiger partial charge in [-0.1, -0.05) is 0 Å². The van der Waals surface area contributed by atoms with Gasteiger partial charge in [0.25, 0.3) is 0 Å². The number of hydrazine groups is 1. The van der Waals surface area contributed by atoms with Crippen molar-refractivity contribution in [2.45, 2.75) is 32.0 Å². The molecule has 1 atom stereocenters. The summed E-state index contributed by atoms with van der Waals surface area (Å²) in [4.78, 5) is 10.2. The summed E-state index contributed by atoms with van der Waals surface area (Å²) in [6.45, 7) is 2.96. The molecule has 1 unspecified atom stereocenters. The monoisotopic (exact) mass is 229 g/mol. The van der Waals surface area contributed by atoms with Crippen molar-refractivity contribution in [2.75, 3.05) is 13.2 Å². The molecule has 0 amide bonds. The fourth-order valence-corrected chi connectivity index (χ4v) is 2.17. The second-order valence-electron chi connectivity index (χ2n) is 3.97. The molecule has 90 valence electrons. The summed E-state index contributed by atoms with van der Waals surface area (Å²) in [5.74, 6) is 0. The maximum absolute atomic E-state index is 10.7. The van der Waals surface area contributed by atoms with Crippen LogP contribution in [0, 0.1) is 10.1 Å². The second-order valence-corrected chi connectivity index (χ2v) is 3.97. The third-order valence-electron chi connectivity index (χ3n) is 3.01. The number of nitro groups is 1. The first-order valence-electron chi connectivity index (χ1n) is 5.27. The van der Waals surface area contributed by atoms with Gasteiger partial charge in [0.1, 0.15) is 5.70 Å². The third kappa shape index (κ3) is 1.89. The molecule has 0 aromatic carbocycles. The highest BCUT2D eigenvalue weighted by Gasteiger charge is 2.39. The van der Waals surface area contributed by atoms with Crippen molar-refractivity contribution >= 4 is 0 Å². The molecule has 16 heavy (non-hydrogen) atoms. The van der Waals surface area contributed by atoms with Gasteiger partial charge >= 0.3 is 5.70 Å². The zero-order valence-electron chi connectivity index (χ0n) is 9.05. The number of hydrogen-bond donors (Lipinski definition) is 2. The fraction of sp³-hybridized carbons (Fsp3) is 0.778. The molecule has 0 aromatic heterocycles. The van der Waals surface area contributed by atoms with Crippen LogP contribution in [0.25, 0.3) is 0 Å². The van der Waals surface area contributed by atoms with Gasteiger partial charge in [0.15, 0.2) is 0 Å². The van der Waals surface area contributed by atoms with Crippen molar-refractivity contribution in [3.63, 3.8) is 0 Å². The fourth-order valence-electron chi connectivity index (χ4n) is 2.17. The van der Waals surface area contributed by atoms with E-state index in [4.69, 9.17) is 4.74 Å². The van der Waals surface area contributed by atoms with Gasteiger partial charge in [-0.05, 0) is 19.8 Å². The van der Waals surface area contributed by atoms with Gasteiger partial charge in [-0.25, -0.2) is 0 Å². The average molecular weight is 229 g/mol. The molecule has 0 saturated carbocycles. The number of aliphatic hydroxyl groups is 1. The van der Waals surface area contributed by atoms with Gasteiger partial charge < -0.3 is 14.9 Å². The van der Waals surface area contributed by atoms with E-state index in [1.807, 2.05) is 0 Å². The highest BCUT2D eigenvalue weighted by molar-refractivity contribution is 5.13. The molecule has 0 bridgehead atoms. The van der Waals surface area contributed by atoms with Crippen LogP contribution < -0.4 is 5.43 Å². The molecule has 7 heteroatoms. The van der Waals surface area contributed by atoms with Crippen LogP contribution in [0.2, 0.25) is 0 Å². The summed E-state index contributed by atoms with van der Waals surface area (Å²) >= 11 is 0. The lowest BCUT2D eigenvalue weighted by molar-refractivity contribution is -0.436. The normalized spacial score (nSPS) is 27.6. The van der Waals surface area contributed by atoms with Crippen LogP contribution >= 0.6 is 0 Å². The third-order valence-corrected chi connectivity index (χ3v) is 3.01. The summed E-state index contributed by atoms with van der Waals surface area (Å²) in [5, 5.41) is 22.0. The first-order chi connectivity index (χ1) is 7.61. The maximum Gasteiger partial charge on any atom is 0.310 e. The Morgan fingerprint density at radius 2 is 2.19 bits per heavy atom. The van der Waals surface area contributed by atoms with Gasteiger partial charge in [0.2, 0.25) is 6.23 Å². The summed E-state index contributed by atoms with van der Waals surface area (Å²) < 4.78 is 5.23. The lowest BCUT2D eigenvalue weighted by Crippen LogP contribution is -2.46. The van der Waals surface area contributed by atoms with E-state index >= 15 is 0 Å². The standard InChI is InChI=1S/C9H15N3O4/c1-6-8(12(14)15)9(13)10-11(6)7-2-4-16-5-3-7/h7,9-10,13H,2-5H2,1H3. The largest absolute Gasteiger partial charge is 0.381 e. The number of nitrogens with one attached hydrogen (secondary N) is 1. The van der Waals surface area contributed by atoms with Gasteiger partial charge in [-0.15, -0.1) is 0 Å². The van der Waals surface area contributed by atoms with Crippen LogP contribution in [-0.2, 0) is 4.74 Å². The number of ether oxygens (including phenoxy) is 1. The highest BCUT2D eigenvalue weighted by Crippen LogP contribution is 2.25. The zero-order chi connectivity index (χ0) is 11.7. The zero-order valence-corrected chi connectivity index (χ0v) is 9.05. The lowest BCUT2D eigenvalue weighted by atomic mass is 10.1. The molecule has 2 N–H and O–H groups in total. The molecule has 7 nitrogen and oxygen atoms in total. The Morgan fingerprint density at radius 1 is 1.56 bits per heavy atom. The van der Waals surface area contributed by atoms with E-state index < -0.39 is 11.2 Å². The number of nitrogens with zero attached hydrogens (tertiary/aromatic N) is 2. The Labute approximate surface area is 92.8 Å². The Balaban J connectivity index is 2.15. The van der Waals surface area contributed by atoms with E-state index in [1.165, 1.54) is 0 Å². The van der Waals surface area contributed by atoms with Crippen LogP contribution in [0.15, 0.2) is 11.4 Å². The lowest BCUT2D eigenvalue weighted by Gasteiger charge is -2.32. The van der Waals surface area contributed by atoms with Crippen molar-refractivity contribution in [1.29, 1.82) is 0 Å². The number of allylic oxidation sites excluding steroid dienone is 1. The second kappa shape index (κ2) is 4.36. The molecule has 2 aliphatic heterocycles. The topological polar surface area (TPSA) is 87.9 Å². The number of hydrogen-bond acceptors (Lipinski definition) is 6. The summed E-state index contributed by atoms with van der Waals surface area (Å²) in [6, 6.07) is 0.154. The predicted molar refractivity (Wildman–Crippen MR) is 54.5 cm³/mol. The first kappa shape index (κ1) is 11.3. The molecule has 2 rings (SSSR count). The Bertz CT molecular complexity index is 325. The van der Waals surface area contributed by atoms with Crippen LogP contribution in [0.4, 0.5) is 0 Å². The smallest absolute Gasteiger partial charge is 0.310 e. The molecule has 2 heterocycles. The van der Waals surface area contributed by atoms with Crippen molar-refractivity contribution in [2.24, 2.45) is 0 Å². The minimum absolute atomic E-state index is 0.154. The Kier molecular flexibility index (Phi) is 3.08. The molecule has 0 spiro atoms. The van der Waals surface area contributed by atoms with E-state index in [0.29, 0.717) is 18.9 Å². The molecule has 0 aliphatic carbocycles. The van der Waals surface area contributed by atoms with Crippen molar-refractivity contribution in [1.82, 2.24) is 10.4 Å².